The van der Waals surface area contributed by atoms with E-state index >= 15 is 0 Å². The molecule has 2 N–H and O–H groups in total. The predicted molar refractivity (Wildman–Crippen MR) is 99.2 cm³/mol. The summed E-state index contributed by atoms with van der Waals surface area (Å²) < 4.78 is 5.04. The lowest BCUT2D eigenvalue weighted by atomic mass is 10.1. The van der Waals surface area contributed by atoms with Crippen molar-refractivity contribution in [1.29, 1.82) is 0 Å². The number of likely N-dealkylation sites (tertiary alicyclic amines) is 1. The molecule has 0 radical (unpaired) electrons. The molecule has 1 unspecified atom stereocenters. The van der Waals surface area contributed by atoms with E-state index in [1.165, 1.54) is 0 Å². The number of carbonyl (C=O) groups is 2. The van der Waals surface area contributed by atoms with Crippen LogP contribution in [0.2, 0.25) is 0 Å². The number of aryl methyl sites for hydroxylation is 1. The summed E-state index contributed by atoms with van der Waals surface area (Å²) in [7, 11) is 0. The van der Waals surface area contributed by atoms with Crippen molar-refractivity contribution in [3.05, 3.63) is 17.6 Å². The van der Waals surface area contributed by atoms with Gasteiger partial charge in [-0.2, -0.15) is 0 Å². The molecule has 144 valence electrons. The number of rotatable bonds is 6. The van der Waals surface area contributed by atoms with Gasteiger partial charge in [-0.3, -0.25) is 4.79 Å². The second kappa shape index (κ2) is 9.35. The number of aromatic nitrogens is 2. The Hall–Kier alpha value is -2.38. The van der Waals surface area contributed by atoms with Crippen LogP contribution >= 0.6 is 0 Å². The Morgan fingerprint density at radius 3 is 2.62 bits per heavy atom. The van der Waals surface area contributed by atoms with E-state index in [2.05, 4.69) is 20.6 Å². The second-order valence-corrected chi connectivity index (χ2v) is 6.57. The summed E-state index contributed by atoms with van der Waals surface area (Å²) in [4.78, 5) is 34.4. The second-order valence-electron chi connectivity index (χ2n) is 6.57. The molecule has 1 saturated heterocycles. The maximum atomic E-state index is 12.3. The first-order valence-electron chi connectivity index (χ1n) is 9.27. The van der Waals surface area contributed by atoms with Crippen LogP contribution < -0.4 is 10.6 Å². The topological polar surface area (TPSA) is 96.5 Å². The number of piperidine rings is 1. The third-order valence-electron chi connectivity index (χ3n) is 4.43. The highest BCUT2D eigenvalue weighted by Gasteiger charge is 2.24. The Morgan fingerprint density at radius 2 is 2.00 bits per heavy atom. The lowest BCUT2D eigenvalue weighted by molar-refractivity contribution is 0.0932. The van der Waals surface area contributed by atoms with Crippen LogP contribution in [0.15, 0.2) is 6.07 Å². The Bertz CT molecular complexity index is 629. The quantitative estimate of drug-likeness (QED) is 0.805. The first-order chi connectivity index (χ1) is 12.4. The van der Waals surface area contributed by atoms with E-state index in [4.69, 9.17) is 4.74 Å². The van der Waals surface area contributed by atoms with Gasteiger partial charge in [-0.25, -0.2) is 14.8 Å². The van der Waals surface area contributed by atoms with Gasteiger partial charge in [-0.1, -0.05) is 6.92 Å². The van der Waals surface area contributed by atoms with Crippen molar-refractivity contribution >= 4 is 17.8 Å². The van der Waals surface area contributed by atoms with Crippen LogP contribution in [-0.2, 0) is 4.74 Å². The zero-order chi connectivity index (χ0) is 19.1. The highest BCUT2D eigenvalue weighted by Crippen LogP contribution is 2.17. The maximum absolute atomic E-state index is 12.3. The Morgan fingerprint density at radius 1 is 1.31 bits per heavy atom. The van der Waals surface area contributed by atoms with Gasteiger partial charge < -0.3 is 20.3 Å². The van der Waals surface area contributed by atoms with Crippen molar-refractivity contribution < 1.29 is 14.3 Å². The number of amides is 2. The van der Waals surface area contributed by atoms with Gasteiger partial charge in [0.2, 0.25) is 0 Å². The van der Waals surface area contributed by atoms with Gasteiger partial charge >= 0.3 is 6.09 Å². The zero-order valence-electron chi connectivity index (χ0n) is 16.0. The van der Waals surface area contributed by atoms with E-state index in [9.17, 15) is 9.59 Å². The van der Waals surface area contributed by atoms with E-state index in [0.717, 1.165) is 19.3 Å². The predicted octanol–water partition coefficient (Wildman–Crippen LogP) is 2.35. The van der Waals surface area contributed by atoms with Crippen LogP contribution in [-0.4, -0.2) is 58.6 Å². The first-order valence-corrected chi connectivity index (χ1v) is 9.27. The van der Waals surface area contributed by atoms with E-state index in [1.54, 1.807) is 24.8 Å². The average molecular weight is 363 g/mol. The minimum Gasteiger partial charge on any atom is -0.450 e. The third kappa shape index (κ3) is 5.57. The van der Waals surface area contributed by atoms with E-state index in [0.29, 0.717) is 37.0 Å². The summed E-state index contributed by atoms with van der Waals surface area (Å²) in [5.74, 6) is 1.000. The number of nitrogens with one attached hydrogen (secondary N) is 2. The van der Waals surface area contributed by atoms with Gasteiger partial charge in [0.05, 0.1) is 6.61 Å². The minimum atomic E-state index is -0.257. The minimum absolute atomic E-state index is 0.0985. The molecule has 1 aliphatic heterocycles. The molecule has 26 heavy (non-hydrogen) atoms. The fraction of sp³-hybridized carbons (Fsp3) is 0.667. The Balaban J connectivity index is 1.96. The van der Waals surface area contributed by atoms with Gasteiger partial charge in [-0.15, -0.1) is 0 Å². The van der Waals surface area contributed by atoms with Crippen LogP contribution in [0.4, 0.5) is 10.6 Å². The standard InChI is InChI=1S/C18H29N5O3/c1-5-12(3)19-17(24)15-11-16(21-13(4)20-15)22-14-7-9-23(10-8-14)18(25)26-6-2/h11-12,14H,5-10H2,1-4H3,(H,19,24)(H,20,21,22). The number of hydrogen-bond donors (Lipinski definition) is 2. The van der Waals surface area contributed by atoms with Crippen molar-refractivity contribution in [2.75, 3.05) is 25.0 Å². The molecule has 0 saturated carbocycles. The molecule has 1 atom stereocenters. The highest BCUT2D eigenvalue weighted by molar-refractivity contribution is 5.93. The molecule has 2 heterocycles. The summed E-state index contributed by atoms with van der Waals surface area (Å²) in [6.07, 6.45) is 2.21. The molecule has 1 fully saturated rings. The van der Waals surface area contributed by atoms with Gasteiger partial charge in [0.15, 0.2) is 0 Å². The highest BCUT2D eigenvalue weighted by atomic mass is 16.6. The van der Waals surface area contributed by atoms with Gasteiger partial charge in [0, 0.05) is 31.2 Å². The lowest BCUT2D eigenvalue weighted by Crippen LogP contribution is -2.42. The number of carbonyl (C=O) groups excluding carboxylic acids is 2. The van der Waals surface area contributed by atoms with Crippen molar-refractivity contribution in [2.24, 2.45) is 0 Å². The molecular formula is C18H29N5O3. The normalized spacial score (nSPS) is 16.1. The smallest absolute Gasteiger partial charge is 0.409 e. The van der Waals surface area contributed by atoms with Crippen LogP contribution in [0.1, 0.15) is 56.3 Å². The van der Waals surface area contributed by atoms with E-state index in [1.807, 2.05) is 13.8 Å². The van der Waals surface area contributed by atoms with E-state index in [-0.39, 0.29) is 24.1 Å². The number of ether oxygens (including phenoxy) is 1. The molecule has 8 heteroatoms. The van der Waals surface area contributed by atoms with Gasteiger partial charge in [0.1, 0.15) is 17.3 Å². The SMILES string of the molecule is CCOC(=O)N1CCC(Nc2cc(C(=O)NC(C)CC)nc(C)n2)CC1. The molecule has 1 aromatic rings. The zero-order valence-corrected chi connectivity index (χ0v) is 16.0. The average Bonchev–Trinajstić information content (AvgIpc) is 2.61. The maximum Gasteiger partial charge on any atom is 0.409 e. The lowest BCUT2D eigenvalue weighted by Gasteiger charge is -2.31. The summed E-state index contributed by atoms with van der Waals surface area (Å²) in [6.45, 7) is 9.23. The molecule has 0 bridgehead atoms. The van der Waals surface area contributed by atoms with Crippen molar-refractivity contribution in [3.63, 3.8) is 0 Å². The monoisotopic (exact) mass is 363 g/mol. The van der Waals surface area contributed by atoms with Crippen molar-refractivity contribution in [1.82, 2.24) is 20.2 Å². The molecule has 1 aliphatic rings. The molecule has 2 rings (SSSR count). The van der Waals surface area contributed by atoms with Crippen LogP contribution in [0.25, 0.3) is 0 Å². The summed E-state index contributed by atoms with van der Waals surface area (Å²) >= 11 is 0. The molecule has 2 amide bonds. The third-order valence-corrected chi connectivity index (χ3v) is 4.43. The van der Waals surface area contributed by atoms with Gasteiger partial charge in [-0.05, 0) is 40.0 Å². The fourth-order valence-corrected chi connectivity index (χ4v) is 2.79. The van der Waals surface area contributed by atoms with Crippen molar-refractivity contribution in [3.8, 4) is 0 Å². The van der Waals surface area contributed by atoms with Crippen molar-refractivity contribution in [2.45, 2.75) is 59.0 Å². The largest absolute Gasteiger partial charge is 0.450 e. The van der Waals surface area contributed by atoms with Crippen LogP contribution in [0.3, 0.4) is 0 Å². The Labute approximate surface area is 154 Å². The Kier molecular flexibility index (Phi) is 7.17. The van der Waals surface area contributed by atoms with Crippen LogP contribution in [0.5, 0.6) is 0 Å². The summed E-state index contributed by atoms with van der Waals surface area (Å²) in [5, 5.41) is 6.28. The number of nitrogens with zero attached hydrogens (tertiary/aromatic N) is 3. The fourth-order valence-electron chi connectivity index (χ4n) is 2.79. The molecule has 0 aliphatic carbocycles. The summed E-state index contributed by atoms with van der Waals surface area (Å²) in [6, 6.07) is 1.98. The molecule has 0 spiro atoms. The molecule has 1 aromatic heterocycles. The molecule has 8 nitrogen and oxygen atoms in total. The molecular weight excluding hydrogens is 334 g/mol. The molecule has 0 aromatic carbocycles. The number of anilines is 1. The van der Waals surface area contributed by atoms with E-state index < -0.39 is 0 Å². The van der Waals surface area contributed by atoms with Gasteiger partial charge in [0.25, 0.3) is 5.91 Å². The first kappa shape index (κ1) is 19.9. The number of hydrogen-bond acceptors (Lipinski definition) is 6. The summed E-state index contributed by atoms with van der Waals surface area (Å²) in [5.41, 5.74) is 0.365. The van der Waals surface area contributed by atoms with Crippen LogP contribution in [0, 0.1) is 6.92 Å².